The molecule has 20 heavy (non-hydrogen) atoms. The molecule has 4 heteroatoms. The van der Waals surface area contributed by atoms with Gasteiger partial charge in [-0.3, -0.25) is 0 Å². The second kappa shape index (κ2) is 13.5. The van der Waals surface area contributed by atoms with Gasteiger partial charge in [-0.1, -0.05) is 71.1 Å². The Hall–Kier alpha value is -0.450. The third-order valence-corrected chi connectivity index (χ3v) is 3.60. The summed E-state index contributed by atoms with van der Waals surface area (Å²) in [7, 11) is 3.03. The summed E-state index contributed by atoms with van der Waals surface area (Å²) in [5.41, 5.74) is 0. The zero-order chi connectivity index (χ0) is 14.6. The van der Waals surface area contributed by atoms with E-state index in [4.69, 9.17) is 0 Å². The van der Waals surface area contributed by atoms with E-state index >= 15 is 0 Å². The third-order valence-electron chi connectivity index (χ3n) is 3.60. The molecule has 0 heterocycles. The minimum absolute atomic E-state index is 0. The molecule has 0 unspecified atom stereocenters. The maximum absolute atomic E-state index is 11.4. The van der Waals surface area contributed by atoms with E-state index in [2.05, 4.69) is 6.92 Å². The summed E-state index contributed by atoms with van der Waals surface area (Å²) in [5, 5.41) is 9.44. The molecule has 0 spiro atoms. The van der Waals surface area contributed by atoms with Crippen molar-refractivity contribution in [1.29, 1.82) is 0 Å². The van der Waals surface area contributed by atoms with Gasteiger partial charge in [0.2, 0.25) is 0 Å². The second-order valence-electron chi connectivity index (χ2n) is 6.07. The molecule has 0 atom stereocenters. The van der Waals surface area contributed by atoms with Gasteiger partial charge in [-0.15, -0.1) is 4.65 Å². The van der Waals surface area contributed by atoms with Crippen LogP contribution in [0.4, 0.5) is 0 Å². The first-order chi connectivity index (χ1) is 8.98. The number of rotatable bonds is 12. The topological polar surface area (TPSA) is 67.3 Å². The van der Waals surface area contributed by atoms with Crippen molar-refractivity contribution >= 4 is 5.91 Å². The van der Waals surface area contributed by atoms with E-state index in [1.54, 1.807) is 0 Å². The van der Waals surface area contributed by atoms with Crippen LogP contribution >= 0.6 is 0 Å². The van der Waals surface area contributed by atoms with Gasteiger partial charge in [0.05, 0.1) is 6.42 Å². The monoisotopic (exact) mass is 289 g/mol. The van der Waals surface area contributed by atoms with Gasteiger partial charge in [0, 0.05) is 0 Å². The molecule has 0 aliphatic rings. The molecule has 0 fully saturated rings. The summed E-state index contributed by atoms with van der Waals surface area (Å²) in [6.07, 6.45) is 14.6. The highest BCUT2D eigenvalue weighted by Crippen LogP contribution is 2.12. The fourth-order valence-electron chi connectivity index (χ4n) is 2.21. The van der Waals surface area contributed by atoms with E-state index in [9.17, 15) is 10.0 Å². The quantitative estimate of drug-likeness (QED) is 0.249. The highest BCUT2D eigenvalue weighted by Gasteiger charge is 2.22. The van der Waals surface area contributed by atoms with Gasteiger partial charge < -0.3 is 5.48 Å². The van der Waals surface area contributed by atoms with Crippen molar-refractivity contribution in [1.82, 2.24) is 0 Å². The molecule has 122 valence electrons. The standard InChI is InChI=1S/C16H34NO2.H2O/c1-4-5-6-7-8-9-10-11-12-13-14-15-16(18)17(2,3)19;/h19H,4-15H2,1-3H3;1H2/q+1;/p-1. The first-order valence-electron chi connectivity index (χ1n) is 8.08. The van der Waals surface area contributed by atoms with Crippen LogP contribution in [0, 0.1) is 0 Å². The van der Waals surface area contributed by atoms with Crippen molar-refractivity contribution in [2.24, 2.45) is 0 Å². The zero-order valence-electron chi connectivity index (χ0n) is 13.7. The molecule has 0 aliphatic carbocycles. The first-order valence-corrected chi connectivity index (χ1v) is 8.08. The van der Waals surface area contributed by atoms with Crippen LogP contribution in [0.5, 0.6) is 0 Å². The summed E-state index contributed by atoms with van der Waals surface area (Å²) >= 11 is 0. The maximum atomic E-state index is 11.4. The molecule has 1 amide bonds. The van der Waals surface area contributed by atoms with Gasteiger partial charge in [-0.25, -0.2) is 10.0 Å². The Labute approximate surface area is 125 Å². The number of amides is 1. The Morgan fingerprint density at radius 2 is 1.15 bits per heavy atom. The number of quaternary nitrogens is 1. The van der Waals surface area contributed by atoms with Crippen molar-refractivity contribution < 1.29 is 20.1 Å². The van der Waals surface area contributed by atoms with Gasteiger partial charge in [0.1, 0.15) is 14.1 Å². The fraction of sp³-hybridized carbons (Fsp3) is 0.938. The molecular weight excluding hydrogens is 254 g/mol. The number of hydroxylamine groups is 3. The van der Waals surface area contributed by atoms with Gasteiger partial charge >= 0.3 is 5.91 Å². The second-order valence-corrected chi connectivity index (χ2v) is 6.07. The lowest BCUT2D eigenvalue weighted by Gasteiger charge is -2.16. The lowest BCUT2D eigenvalue weighted by atomic mass is 10.1. The Bertz CT molecular complexity index is 224. The van der Waals surface area contributed by atoms with E-state index in [0.717, 1.165) is 12.8 Å². The molecule has 0 aromatic carbocycles. The van der Waals surface area contributed by atoms with Crippen molar-refractivity contribution in [2.45, 2.75) is 84.0 Å². The SMILES string of the molecule is CCCCCCCCCCCCCC(=O)[N+](C)(C)O.[OH-]. The summed E-state index contributed by atoms with van der Waals surface area (Å²) < 4.78 is -0.530. The predicted octanol–water partition coefficient (Wildman–Crippen LogP) is 4.50. The predicted molar refractivity (Wildman–Crippen MR) is 81.9 cm³/mol. The van der Waals surface area contributed by atoms with Gasteiger partial charge in [0.15, 0.2) is 0 Å². The van der Waals surface area contributed by atoms with Crippen LogP contribution in [0.2, 0.25) is 0 Å². The lowest BCUT2D eigenvalue weighted by molar-refractivity contribution is -1.01. The third kappa shape index (κ3) is 14.0. The van der Waals surface area contributed by atoms with Crippen LogP contribution < -0.4 is 0 Å². The van der Waals surface area contributed by atoms with Crippen LogP contribution in [0.15, 0.2) is 0 Å². The van der Waals surface area contributed by atoms with E-state index in [0.29, 0.717) is 6.42 Å². The van der Waals surface area contributed by atoms with Crippen LogP contribution in [-0.2, 0) is 4.79 Å². The van der Waals surface area contributed by atoms with Crippen LogP contribution in [0.1, 0.15) is 84.0 Å². The smallest absolute Gasteiger partial charge is 0.345 e. The van der Waals surface area contributed by atoms with Crippen molar-refractivity contribution in [3.05, 3.63) is 0 Å². The van der Waals surface area contributed by atoms with Gasteiger partial charge in [-0.05, 0) is 6.42 Å². The summed E-state index contributed by atoms with van der Waals surface area (Å²) in [6.45, 7) is 2.25. The molecule has 2 N–H and O–H groups in total. The van der Waals surface area contributed by atoms with E-state index in [1.165, 1.54) is 71.9 Å². The molecule has 0 aromatic rings. The maximum Gasteiger partial charge on any atom is 0.345 e. The lowest BCUT2D eigenvalue weighted by Crippen LogP contribution is -2.41. The van der Waals surface area contributed by atoms with Crippen LogP contribution in [-0.4, -0.2) is 35.3 Å². The average Bonchev–Trinajstić information content (AvgIpc) is 2.34. The van der Waals surface area contributed by atoms with Crippen LogP contribution in [0.25, 0.3) is 0 Å². The highest BCUT2D eigenvalue weighted by molar-refractivity contribution is 5.67. The number of hydrogen-bond donors (Lipinski definition) is 1. The normalized spacial score (nSPS) is 11.2. The van der Waals surface area contributed by atoms with Gasteiger partial charge in [-0.2, -0.15) is 0 Å². The number of nitrogens with zero attached hydrogens (tertiary/aromatic N) is 1. The summed E-state index contributed by atoms with van der Waals surface area (Å²) in [5.74, 6) is -0.0871. The molecule has 0 aromatic heterocycles. The molecule has 0 saturated carbocycles. The zero-order valence-corrected chi connectivity index (χ0v) is 13.7. The highest BCUT2D eigenvalue weighted by atomic mass is 16.6. The minimum Gasteiger partial charge on any atom is -0.870 e. The molecule has 0 bridgehead atoms. The molecule has 0 saturated heterocycles. The minimum atomic E-state index is -0.530. The van der Waals surface area contributed by atoms with Gasteiger partial charge in [0.25, 0.3) is 0 Å². The van der Waals surface area contributed by atoms with E-state index < -0.39 is 4.65 Å². The molecule has 4 nitrogen and oxygen atoms in total. The van der Waals surface area contributed by atoms with E-state index in [1.807, 2.05) is 0 Å². The number of carbonyl (C=O) groups excluding carboxylic acids is 1. The number of unbranched alkanes of at least 4 members (excludes halogenated alkanes) is 10. The Morgan fingerprint density at radius 1 is 0.800 bits per heavy atom. The van der Waals surface area contributed by atoms with Crippen molar-refractivity contribution in [3.8, 4) is 0 Å². The largest absolute Gasteiger partial charge is 0.870 e. The first kappa shape index (κ1) is 21.8. The number of carbonyl (C=O) groups is 1. The summed E-state index contributed by atoms with van der Waals surface area (Å²) in [4.78, 5) is 11.4. The van der Waals surface area contributed by atoms with Crippen LogP contribution in [0.3, 0.4) is 0 Å². The van der Waals surface area contributed by atoms with Crippen molar-refractivity contribution in [2.75, 3.05) is 14.1 Å². The van der Waals surface area contributed by atoms with Crippen molar-refractivity contribution in [3.63, 3.8) is 0 Å². The van der Waals surface area contributed by atoms with E-state index in [-0.39, 0.29) is 11.4 Å². The molecule has 0 rings (SSSR count). The average molecular weight is 289 g/mol. The molecule has 0 radical (unpaired) electrons. The Balaban J connectivity index is 0. The Kier molecular flexibility index (Phi) is 14.8. The fourth-order valence-corrected chi connectivity index (χ4v) is 2.21. The Morgan fingerprint density at radius 3 is 1.50 bits per heavy atom. The number of hydrogen-bond acceptors (Lipinski definition) is 3. The summed E-state index contributed by atoms with van der Waals surface area (Å²) in [6, 6.07) is 0. The molecular formula is C16H35NO3. The molecule has 0 aliphatic heterocycles.